The average Bonchev–Trinajstić information content (AvgIpc) is 3.45. The lowest BCUT2D eigenvalue weighted by atomic mass is 10.1. The molecule has 0 atom stereocenters. The van der Waals surface area contributed by atoms with Gasteiger partial charge in [0.25, 0.3) is 0 Å². The van der Waals surface area contributed by atoms with E-state index < -0.39 is 11.7 Å². The third-order valence-electron chi connectivity index (χ3n) is 6.05. The Hall–Kier alpha value is -3.76. The van der Waals surface area contributed by atoms with Crippen LogP contribution in [0, 0.1) is 0 Å². The first-order chi connectivity index (χ1) is 16.7. The first kappa shape index (κ1) is 23.0. The van der Waals surface area contributed by atoms with Crippen LogP contribution in [-0.2, 0) is 23.9 Å². The Morgan fingerprint density at radius 1 is 1.09 bits per heavy atom. The molecule has 35 heavy (non-hydrogen) atoms. The third kappa shape index (κ3) is 4.50. The predicted molar refractivity (Wildman–Crippen MR) is 122 cm³/mol. The summed E-state index contributed by atoms with van der Waals surface area (Å²) in [5, 5.41) is 4.61. The standard InChI is InChI=1S/C24H24F3N5O3/c1-30(2)21(33)8-10-32-22(16-4-6-19-20(13-16)35-12-11-34-19)28-23(29-32)31-9-7-15-3-5-17(14-18(15)31)24(25,26)27/h3-6,13-14H,7-12H2,1-2H3. The molecule has 0 N–H and O–H groups in total. The number of nitrogens with zero attached hydrogens (tertiary/aromatic N) is 5. The fraction of sp³-hybridized carbons (Fsp3) is 0.375. The summed E-state index contributed by atoms with van der Waals surface area (Å²) < 4.78 is 52.9. The van der Waals surface area contributed by atoms with E-state index >= 15 is 0 Å². The fourth-order valence-corrected chi connectivity index (χ4v) is 4.18. The van der Waals surface area contributed by atoms with Crippen molar-refractivity contribution in [2.45, 2.75) is 25.6 Å². The van der Waals surface area contributed by atoms with Crippen molar-refractivity contribution in [3.05, 3.63) is 47.5 Å². The molecule has 0 saturated carbocycles. The van der Waals surface area contributed by atoms with Crippen molar-refractivity contribution in [1.82, 2.24) is 19.7 Å². The van der Waals surface area contributed by atoms with Crippen molar-refractivity contribution >= 4 is 17.5 Å². The van der Waals surface area contributed by atoms with Gasteiger partial charge in [-0.2, -0.15) is 18.2 Å². The maximum Gasteiger partial charge on any atom is 0.416 e. The second-order valence-corrected chi connectivity index (χ2v) is 8.60. The van der Waals surface area contributed by atoms with Crippen molar-refractivity contribution in [1.29, 1.82) is 0 Å². The van der Waals surface area contributed by atoms with Crippen molar-refractivity contribution < 1.29 is 27.4 Å². The van der Waals surface area contributed by atoms with Gasteiger partial charge in [-0.05, 0) is 42.3 Å². The number of carbonyl (C=O) groups excluding carboxylic acids is 1. The van der Waals surface area contributed by atoms with E-state index in [2.05, 4.69) is 5.10 Å². The van der Waals surface area contributed by atoms with E-state index in [1.165, 1.54) is 11.0 Å². The molecule has 1 aromatic heterocycles. The van der Waals surface area contributed by atoms with Crippen LogP contribution < -0.4 is 14.4 Å². The highest BCUT2D eigenvalue weighted by Gasteiger charge is 2.34. The van der Waals surface area contributed by atoms with Gasteiger partial charge >= 0.3 is 6.18 Å². The maximum absolute atomic E-state index is 13.3. The van der Waals surface area contributed by atoms with Crippen LogP contribution in [0.3, 0.4) is 0 Å². The normalized spacial score (nSPS) is 14.7. The number of hydrogen-bond acceptors (Lipinski definition) is 6. The summed E-state index contributed by atoms with van der Waals surface area (Å²) in [6.07, 6.45) is -3.67. The summed E-state index contributed by atoms with van der Waals surface area (Å²) in [5.74, 6) is 1.91. The van der Waals surface area contributed by atoms with Gasteiger partial charge in [-0.25, -0.2) is 4.68 Å². The van der Waals surface area contributed by atoms with Crippen LogP contribution in [0.15, 0.2) is 36.4 Å². The summed E-state index contributed by atoms with van der Waals surface area (Å²) in [7, 11) is 3.35. The minimum atomic E-state index is -4.45. The van der Waals surface area contributed by atoms with Gasteiger partial charge < -0.3 is 19.3 Å². The highest BCUT2D eigenvalue weighted by Crippen LogP contribution is 2.40. The molecule has 184 valence electrons. The van der Waals surface area contributed by atoms with Crippen LogP contribution in [0.25, 0.3) is 11.4 Å². The number of aromatic nitrogens is 3. The Balaban J connectivity index is 1.53. The average molecular weight is 487 g/mol. The van der Waals surface area contributed by atoms with E-state index in [1.54, 1.807) is 35.8 Å². The Bertz CT molecular complexity index is 1270. The molecule has 0 saturated heterocycles. The third-order valence-corrected chi connectivity index (χ3v) is 6.05. The van der Waals surface area contributed by atoms with Gasteiger partial charge in [0, 0.05) is 38.3 Å². The van der Waals surface area contributed by atoms with Crippen LogP contribution in [-0.4, -0.2) is 59.4 Å². The van der Waals surface area contributed by atoms with Crippen molar-refractivity contribution in [3.63, 3.8) is 0 Å². The largest absolute Gasteiger partial charge is 0.486 e. The molecular formula is C24H24F3N5O3. The lowest BCUT2D eigenvalue weighted by Gasteiger charge is -2.18. The number of alkyl halides is 3. The number of rotatable bonds is 5. The molecule has 2 aliphatic heterocycles. The lowest BCUT2D eigenvalue weighted by molar-refractivity contribution is -0.137. The summed E-state index contributed by atoms with van der Waals surface area (Å²) in [4.78, 5) is 20.1. The molecule has 0 radical (unpaired) electrons. The molecule has 0 aliphatic carbocycles. The molecule has 0 unspecified atom stereocenters. The molecular weight excluding hydrogens is 463 g/mol. The Morgan fingerprint density at radius 2 is 1.86 bits per heavy atom. The second-order valence-electron chi connectivity index (χ2n) is 8.60. The number of anilines is 2. The molecule has 0 bridgehead atoms. The maximum atomic E-state index is 13.3. The van der Waals surface area contributed by atoms with Gasteiger partial charge in [-0.1, -0.05) is 6.07 Å². The molecule has 3 heterocycles. The molecule has 0 spiro atoms. The first-order valence-electron chi connectivity index (χ1n) is 11.2. The quantitative estimate of drug-likeness (QED) is 0.544. The van der Waals surface area contributed by atoms with E-state index in [-0.39, 0.29) is 24.8 Å². The number of hydrogen-bond donors (Lipinski definition) is 0. The van der Waals surface area contributed by atoms with Crippen molar-refractivity contribution in [3.8, 4) is 22.9 Å². The minimum Gasteiger partial charge on any atom is -0.486 e. The van der Waals surface area contributed by atoms with E-state index in [0.717, 1.165) is 17.7 Å². The fourth-order valence-electron chi connectivity index (χ4n) is 4.18. The zero-order chi connectivity index (χ0) is 24.7. The number of amides is 1. The monoisotopic (exact) mass is 487 g/mol. The summed E-state index contributed by atoms with van der Waals surface area (Å²) >= 11 is 0. The highest BCUT2D eigenvalue weighted by atomic mass is 19.4. The molecule has 2 aliphatic rings. The van der Waals surface area contributed by atoms with Gasteiger partial charge in [-0.3, -0.25) is 4.79 Å². The Morgan fingerprint density at radius 3 is 2.60 bits per heavy atom. The van der Waals surface area contributed by atoms with Crippen molar-refractivity contribution in [2.75, 3.05) is 38.8 Å². The summed E-state index contributed by atoms with van der Waals surface area (Å²) in [6, 6.07) is 9.16. The zero-order valence-corrected chi connectivity index (χ0v) is 19.3. The zero-order valence-electron chi connectivity index (χ0n) is 19.3. The van der Waals surface area contributed by atoms with Crippen LogP contribution in [0.5, 0.6) is 11.5 Å². The topological polar surface area (TPSA) is 72.7 Å². The van der Waals surface area contributed by atoms with E-state index in [1.807, 2.05) is 6.07 Å². The smallest absolute Gasteiger partial charge is 0.416 e. The minimum absolute atomic E-state index is 0.0727. The number of aryl methyl sites for hydroxylation is 1. The molecule has 1 amide bonds. The number of benzene rings is 2. The van der Waals surface area contributed by atoms with E-state index in [4.69, 9.17) is 14.5 Å². The number of ether oxygens (including phenoxy) is 2. The van der Waals surface area contributed by atoms with Gasteiger partial charge in [-0.15, -0.1) is 5.10 Å². The van der Waals surface area contributed by atoms with Gasteiger partial charge in [0.05, 0.1) is 12.1 Å². The van der Waals surface area contributed by atoms with Crippen LogP contribution in [0.1, 0.15) is 17.5 Å². The molecule has 0 fully saturated rings. The highest BCUT2D eigenvalue weighted by molar-refractivity contribution is 5.75. The molecule has 5 rings (SSSR count). The van der Waals surface area contributed by atoms with Gasteiger partial charge in [0.15, 0.2) is 17.3 Å². The van der Waals surface area contributed by atoms with E-state index in [9.17, 15) is 18.0 Å². The lowest BCUT2D eigenvalue weighted by Crippen LogP contribution is -2.23. The predicted octanol–water partition coefficient (Wildman–Crippen LogP) is 3.91. The number of carbonyl (C=O) groups is 1. The molecule has 2 aromatic carbocycles. The molecule has 11 heteroatoms. The van der Waals surface area contributed by atoms with Crippen LogP contribution >= 0.6 is 0 Å². The van der Waals surface area contributed by atoms with Gasteiger partial charge in [0.1, 0.15) is 13.2 Å². The van der Waals surface area contributed by atoms with Crippen molar-refractivity contribution in [2.24, 2.45) is 0 Å². The number of fused-ring (bicyclic) bond motifs is 2. The Labute approximate surface area is 199 Å². The van der Waals surface area contributed by atoms with E-state index in [0.29, 0.717) is 54.8 Å². The van der Waals surface area contributed by atoms with Crippen LogP contribution in [0.2, 0.25) is 0 Å². The summed E-state index contributed by atoms with van der Waals surface area (Å²) in [5.41, 5.74) is 1.23. The SMILES string of the molecule is CN(C)C(=O)CCn1nc(N2CCc3ccc(C(F)(F)F)cc32)nc1-c1ccc2c(c1)OCCO2. The van der Waals surface area contributed by atoms with Crippen LogP contribution in [0.4, 0.5) is 24.8 Å². The summed E-state index contributed by atoms with van der Waals surface area (Å²) in [6.45, 7) is 1.61. The molecule has 8 nitrogen and oxygen atoms in total. The second kappa shape index (κ2) is 8.79. The molecule has 3 aromatic rings. The number of halogens is 3. The Kier molecular flexibility index (Phi) is 5.78. The van der Waals surface area contributed by atoms with Gasteiger partial charge in [0.2, 0.25) is 11.9 Å². The first-order valence-corrected chi connectivity index (χ1v) is 11.2.